The van der Waals surface area contributed by atoms with Gasteiger partial charge in [-0.3, -0.25) is 14.8 Å². The van der Waals surface area contributed by atoms with Crippen molar-refractivity contribution in [1.82, 2.24) is 15.0 Å². The van der Waals surface area contributed by atoms with Crippen molar-refractivity contribution in [2.45, 2.75) is 64.5 Å². The third-order valence-corrected chi connectivity index (χ3v) is 9.74. The van der Waals surface area contributed by atoms with Gasteiger partial charge in [-0.2, -0.15) is 0 Å². The van der Waals surface area contributed by atoms with E-state index >= 15 is 0 Å². The molecule has 0 spiro atoms. The van der Waals surface area contributed by atoms with Crippen molar-refractivity contribution in [2.75, 3.05) is 29.9 Å². The molecule has 2 aromatic heterocycles. The van der Waals surface area contributed by atoms with Crippen molar-refractivity contribution in [2.24, 2.45) is 0 Å². The van der Waals surface area contributed by atoms with Gasteiger partial charge in [-0.25, -0.2) is 0 Å². The van der Waals surface area contributed by atoms with Gasteiger partial charge in [0.25, 0.3) is 0 Å². The molecule has 1 saturated heterocycles. The van der Waals surface area contributed by atoms with Crippen LogP contribution in [0.2, 0.25) is 0 Å². The third kappa shape index (κ3) is 6.46. The van der Waals surface area contributed by atoms with E-state index in [2.05, 4.69) is 61.6 Å². The number of hydrogen-bond donors (Lipinski definition) is 3. The lowest BCUT2D eigenvalue weighted by Crippen LogP contribution is -2.39. The van der Waals surface area contributed by atoms with Gasteiger partial charge in [0.15, 0.2) is 0 Å². The molecule has 0 bridgehead atoms. The molecule has 2 aromatic carbocycles. The van der Waals surface area contributed by atoms with E-state index in [0.29, 0.717) is 19.6 Å². The van der Waals surface area contributed by atoms with Crippen LogP contribution in [-0.4, -0.2) is 45.4 Å². The number of fused-ring (bicyclic) bond motifs is 2. The molecule has 2 aliphatic rings. The fourth-order valence-electron chi connectivity index (χ4n) is 5.18. The minimum Gasteiger partial charge on any atom is -0.390 e. The molecular formula is C31H33N5O3S2. The zero-order valence-electron chi connectivity index (χ0n) is 23.3. The minimum atomic E-state index is -0.870. The second kappa shape index (κ2) is 11.5. The molecule has 2 atom stereocenters. The Morgan fingerprint density at radius 1 is 1.12 bits per heavy atom. The minimum absolute atomic E-state index is 0.0909. The van der Waals surface area contributed by atoms with Crippen LogP contribution in [0.25, 0.3) is 0 Å². The first-order valence-electron chi connectivity index (χ1n) is 13.7. The summed E-state index contributed by atoms with van der Waals surface area (Å²) in [5, 5.41) is 14.2. The van der Waals surface area contributed by atoms with Crippen LogP contribution in [0.5, 0.6) is 0 Å². The largest absolute Gasteiger partial charge is 0.390 e. The predicted molar refractivity (Wildman–Crippen MR) is 163 cm³/mol. The average Bonchev–Trinajstić information content (AvgIpc) is 2.95. The Morgan fingerprint density at radius 3 is 2.78 bits per heavy atom. The van der Waals surface area contributed by atoms with Gasteiger partial charge in [0.05, 0.1) is 35.8 Å². The van der Waals surface area contributed by atoms with E-state index in [1.165, 1.54) is 25.1 Å². The van der Waals surface area contributed by atoms with Crippen LogP contribution in [0.1, 0.15) is 49.4 Å². The highest BCUT2D eigenvalue weighted by Crippen LogP contribution is 2.52. The first-order valence-corrected chi connectivity index (χ1v) is 15.3. The average molecular weight is 588 g/mol. The number of benzene rings is 2. The van der Waals surface area contributed by atoms with Gasteiger partial charge in [-0.1, -0.05) is 35.7 Å². The monoisotopic (exact) mass is 587 g/mol. The zero-order chi connectivity index (χ0) is 28.6. The first-order chi connectivity index (χ1) is 19.7. The van der Waals surface area contributed by atoms with Gasteiger partial charge in [0.1, 0.15) is 6.10 Å². The number of aliphatic hydroxyl groups is 1. The fourth-order valence-corrected chi connectivity index (χ4v) is 7.63. The number of H-pyrrole nitrogens is 1. The van der Waals surface area contributed by atoms with Crippen molar-refractivity contribution in [1.29, 1.82) is 0 Å². The second-order valence-corrected chi connectivity index (χ2v) is 13.2. The van der Waals surface area contributed by atoms with E-state index in [9.17, 15) is 9.90 Å². The molecule has 2 unspecified atom stereocenters. The number of nitrogens with zero attached hydrogens (tertiary/aromatic N) is 3. The maximum absolute atomic E-state index is 11.9. The quantitative estimate of drug-likeness (QED) is 0.212. The lowest BCUT2D eigenvalue weighted by molar-refractivity contribution is 0.0379. The molecule has 3 N–H and O–H groups in total. The van der Waals surface area contributed by atoms with Gasteiger partial charge in [-0.15, -0.1) is 0 Å². The third-order valence-electron chi connectivity index (χ3n) is 7.12. The lowest BCUT2D eigenvalue weighted by atomic mass is 9.97. The summed E-state index contributed by atoms with van der Waals surface area (Å²) in [6.45, 7) is 7.57. The highest BCUT2D eigenvalue weighted by Gasteiger charge is 2.29. The molecular weight excluding hydrogens is 555 g/mol. The van der Waals surface area contributed by atoms with E-state index < -0.39 is 5.60 Å². The highest BCUT2D eigenvalue weighted by atomic mass is 32.2. The summed E-state index contributed by atoms with van der Waals surface area (Å²) < 4.78 is 6.26. The molecule has 4 heterocycles. The van der Waals surface area contributed by atoms with Crippen molar-refractivity contribution in [3.8, 4) is 0 Å². The Labute approximate surface area is 248 Å². The van der Waals surface area contributed by atoms with Crippen LogP contribution in [0.3, 0.4) is 0 Å². The molecule has 8 nitrogen and oxygen atoms in total. The molecule has 4 aromatic rings. The summed E-state index contributed by atoms with van der Waals surface area (Å²) in [6.07, 6.45) is 5.64. The Kier molecular flexibility index (Phi) is 7.82. The van der Waals surface area contributed by atoms with E-state index in [4.69, 9.17) is 4.74 Å². The Bertz CT molecular complexity index is 1600. The zero-order valence-corrected chi connectivity index (χ0v) is 24.9. The number of hydrogen-bond acceptors (Lipinski definition) is 9. The van der Waals surface area contributed by atoms with Gasteiger partial charge in [0.2, 0.25) is 5.56 Å². The number of ether oxygens (including phenoxy) is 1. The maximum Gasteiger partial charge on any atom is 0.249 e. The fraction of sp³-hybridized carbons (Fsp3) is 0.323. The molecule has 0 amide bonds. The number of anilines is 2. The van der Waals surface area contributed by atoms with E-state index in [-0.39, 0.29) is 17.7 Å². The summed E-state index contributed by atoms with van der Waals surface area (Å²) in [5.41, 5.74) is 3.75. The van der Waals surface area contributed by atoms with Crippen LogP contribution in [0.15, 0.2) is 91.5 Å². The van der Waals surface area contributed by atoms with Gasteiger partial charge in [0, 0.05) is 68.9 Å². The normalized spacial score (nSPS) is 17.5. The number of rotatable bonds is 7. The van der Waals surface area contributed by atoms with Crippen molar-refractivity contribution >= 4 is 34.9 Å². The van der Waals surface area contributed by atoms with Crippen LogP contribution < -0.4 is 15.8 Å². The molecule has 2 aliphatic heterocycles. The number of aromatic nitrogens is 3. The topological polar surface area (TPSA) is 103 Å². The van der Waals surface area contributed by atoms with Gasteiger partial charge in [-0.05, 0) is 56.7 Å². The second-order valence-electron chi connectivity index (χ2n) is 11.1. The van der Waals surface area contributed by atoms with Crippen LogP contribution in [0, 0.1) is 6.92 Å². The summed E-state index contributed by atoms with van der Waals surface area (Å²) in [4.78, 5) is 30.6. The number of nitrogens with one attached hydrogen (secondary N) is 2. The van der Waals surface area contributed by atoms with Crippen molar-refractivity contribution in [3.05, 3.63) is 94.4 Å². The van der Waals surface area contributed by atoms with Crippen LogP contribution in [-0.2, 0) is 4.74 Å². The summed E-state index contributed by atoms with van der Waals surface area (Å²) in [7, 11) is 0. The Morgan fingerprint density at radius 2 is 2.00 bits per heavy atom. The van der Waals surface area contributed by atoms with E-state index in [1.54, 1.807) is 48.2 Å². The predicted octanol–water partition coefficient (Wildman–Crippen LogP) is 5.98. The van der Waals surface area contributed by atoms with Crippen LogP contribution >= 0.6 is 23.5 Å². The smallest absolute Gasteiger partial charge is 0.249 e. The molecule has 0 radical (unpaired) electrons. The lowest BCUT2D eigenvalue weighted by Gasteiger charge is -2.36. The molecule has 0 aliphatic carbocycles. The molecule has 1 fully saturated rings. The Balaban J connectivity index is 1.23. The van der Waals surface area contributed by atoms with Crippen molar-refractivity contribution < 1.29 is 9.84 Å². The Hall–Kier alpha value is -3.31. The molecule has 212 valence electrons. The maximum atomic E-state index is 11.9. The molecule has 41 heavy (non-hydrogen) atoms. The summed E-state index contributed by atoms with van der Waals surface area (Å²) in [6, 6.07) is 16.2. The molecule has 10 heteroatoms. The van der Waals surface area contributed by atoms with Crippen LogP contribution in [0.4, 0.5) is 11.4 Å². The number of pyridine rings is 1. The number of morpholine rings is 1. The number of aryl methyl sites for hydroxylation is 1. The molecule has 6 rings (SSSR count). The highest BCUT2D eigenvalue weighted by molar-refractivity contribution is 8.05. The first kappa shape index (κ1) is 27.8. The van der Waals surface area contributed by atoms with Crippen molar-refractivity contribution in [3.63, 3.8) is 0 Å². The molecule has 0 saturated carbocycles. The van der Waals surface area contributed by atoms with Gasteiger partial charge < -0.3 is 25.0 Å². The van der Waals surface area contributed by atoms with Gasteiger partial charge >= 0.3 is 0 Å². The van der Waals surface area contributed by atoms with E-state index in [1.807, 2.05) is 26.8 Å². The standard InChI is InChI=1S/C31H33N5O3S2/c1-19-16-34-24(17-33-19)23(15-31(2,3)38)35-20-7-8-26-28(13-20)40-27-6-4-5-22(30(27)41-26)25-18-36(11-12-39-25)21-9-10-32-29(37)14-21/h4-10,13-14,16-17,23,25,35,38H,11-12,15,18H2,1-3H3,(H,32,37). The van der Waals surface area contributed by atoms with E-state index in [0.717, 1.165) is 29.3 Å². The SMILES string of the molecule is Cc1cnc(C(CC(C)(C)O)Nc2ccc3c(c2)Sc2cccc(C4CN(c5cc[nH]c(=O)c5)CCO4)c2S3)cn1. The summed E-state index contributed by atoms with van der Waals surface area (Å²) >= 11 is 3.53. The summed E-state index contributed by atoms with van der Waals surface area (Å²) in [5.74, 6) is 0. The number of aromatic amines is 1.